The molecular weight excluding hydrogens is 380 g/mol. The molecule has 4 rings (SSSR count). The highest BCUT2D eigenvalue weighted by Gasteiger charge is 2.37. The van der Waals surface area contributed by atoms with Crippen LogP contribution in [0.15, 0.2) is 42.5 Å². The van der Waals surface area contributed by atoms with Gasteiger partial charge < -0.3 is 19.7 Å². The van der Waals surface area contributed by atoms with Gasteiger partial charge in [0.25, 0.3) is 0 Å². The van der Waals surface area contributed by atoms with Gasteiger partial charge in [0.05, 0.1) is 31.4 Å². The molecule has 2 aliphatic rings. The Hall–Kier alpha value is -2.73. The molecule has 0 saturated carbocycles. The van der Waals surface area contributed by atoms with Gasteiger partial charge in [-0.15, -0.1) is 0 Å². The third kappa shape index (κ3) is 3.52. The second-order valence-electron chi connectivity index (χ2n) is 6.96. The summed E-state index contributed by atoms with van der Waals surface area (Å²) in [6, 6.07) is 12.7. The van der Waals surface area contributed by atoms with E-state index in [1.807, 2.05) is 24.3 Å². The highest BCUT2D eigenvalue weighted by atomic mass is 35.5. The molecule has 146 valence electrons. The summed E-state index contributed by atoms with van der Waals surface area (Å²) in [6.45, 7) is 0.851. The van der Waals surface area contributed by atoms with Gasteiger partial charge in [-0.2, -0.15) is 0 Å². The van der Waals surface area contributed by atoms with Gasteiger partial charge in [0.2, 0.25) is 11.8 Å². The van der Waals surface area contributed by atoms with E-state index in [2.05, 4.69) is 5.32 Å². The molecule has 6 nitrogen and oxygen atoms in total. The van der Waals surface area contributed by atoms with E-state index in [1.54, 1.807) is 30.2 Å². The van der Waals surface area contributed by atoms with Crippen LogP contribution in [0.3, 0.4) is 0 Å². The molecule has 2 aromatic carbocycles. The quantitative estimate of drug-likeness (QED) is 0.854. The largest absolute Gasteiger partial charge is 0.495 e. The second kappa shape index (κ2) is 7.72. The monoisotopic (exact) mass is 400 g/mol. The number of benzene rings is 2. The fraction of sp³-hybridized carbons (Fsp3) is 0.333. The number of anilines is 1. The molecule has 0 spiro atoms. The summed E-state index contributed by atoms with van der Waals surface area (Å²) >= 11 is 6.09. The molecule has 7 heteroatoms. The summed E-state index contributed by atoms with van der Waals surface area (Å²) in [5, 5.41) is 3.60. The summed E-state index contributed by atoms with van der Waals surface area (Å²) < 4.78 is 11.0. The van der Waals surface area contributed by atoms with Crippen LogP contribution >= 0.6 is 11.6 Å². The van der Waals surface area contributed by atoms with Gasteiger partial charge in [-0.25, -0.2) is 0 Å². The maximum atomic E-state index is 12.9. The third-order valence-electron chi connectivity index (χ3n) is 5.20. The molecule has 2 unspecified atom stereocenters. The van der Waals surface area contributed by atoms with E-state index in [0.717, 1.165) is 11.3 Å². The zero-order valence-corrected chi connectivity index (χ0v) is 16.2. The summed E-state index contributed by atoms with van der Waals surface area (Å²) in [5.74, 6) is 0.682. The minimum absolute atomic E-state index is 0.109. The standard InChI is InChI=1S/C21H21ClN2O4/c1-27-19-7-6-14(22)11-17(19)24-12-13(10-20(24)25)21(26)23-16-8-9-28-18-5-3-2-4-15(16)18/h2-7,11,13,16H,8-10,12H2,1H3,(H,23,26). The van der Waals surface area contributed by atoms with E-state index in [-0.39, 0.29) is 24.3 Å². The minimum atomic E-state index is -0.425. The SMILES string of the molecule is COc1ccc(Cl)cc1N1CC(C(=O)NC2CCOc3ccccc32)CC1=O. The molecule has 0 radical (unpaired) electrons. The van der Waals surface area contributed by atoms with Crippen LogP contribution in [0.2, 0.25) is 5.02 Å². The van der Waals surface area contributed by atoms with Gasteiger partial charge in [-0.1, -0.05) is 29.8 Å². The number of carbonyl (C=O) groups excluding carboxylic acids is 2. The maximum Gasteiger partial charge on any atom is 0.227 e. The number of halogens is 1. The molecule has 1 saturated heterocycles. The Labute approximate surface area is 168 Å². The van der Waals surface area contributed by atoms with Gasteiger partial charge in [0.15, 0.2) is 0 Å². The van der Waals surface area contributed by atoms with Crippen LogP contribution in [0.4, 0.5) is 5.69 Å². The number of hydrogen-bond acceptors (Lipinski definition) is 4. The number of para-hydroxylation sites is 1. The number of nitrogens with zero attached hydrogens (tertiary/aromatic N) is 1. The first kappa shape index (κ1) is 18.6. The Bertz CT molecular complexity index is 917. The molecule has 0 aromatic heterocycles. The Morgan fingerprint density at radius 1 is 1.29 bits per heavy atom. The predicted molar refractivity (Wildman–Crippen MR) is 106 cm³/mol. The molecule has 0 bridgehead atoms. The number of nitrogens with one attached hydrogen (secondary N) is 1. The average Bonchev–Trinajstić information content (AvgIpc) is 3.10. The van der Waals surface area contributed by atoms with Gasteiger partial charge in [0.1, 0.15) is 11.5 Å². The van der Waals surface area contributed by atoms with Crippen LogP contribution in [-0.4, -0.2) is 32.1 Å². The molecular formula is C21H21ClN2O4. The molecule has 2 aromatic rings. The van der Waals surface area contributed by atoms with Crippen LogP contribution in [0.5, 0.6) is 11.5 Å². The number of amides is 2. The van der Waals surface area contributed by atoms with Crippen molar-refractivity contribution in [3.63, 3.8) is 0 Å². The summed E-state index contributed by atoms with van der Waals surface area (Å²) in [6.07, 6.45) is 0.863. The first-order chi connectivity index (χ1) is 13.6. The van der Waals surface area contributed by atoms with Crippen molar-refractivity contribution in [3.8, 4) is 11.5 Å². The Balaban J connectivity index is 1.49. The lowest BCUT2D eigenvalue weighted by Crippen LogP contribution is -2.37. The van der Waals surface area contributed by atoms with Crippen molar-refractivity contribution in [2.75, 3.05) is 25.2 Å². The lowest BCUT2D eigenvalue weighted by molar-refractivity contribution is -0.127. The van der Waals surface area contributed by atoms with Crippen molar-refractivity contribution in [2.45, 2.75) is 18.9 Å². The van der Waals surface area contributed by atoms with Crippen molar-refractivity contribution in [1.82, 2.24) is 5.32 Å². The summed E-state index contributed by atoms with van der Waals surface area (Å²) in [7, 11) is 1.54. The Morgan fingerprint density at radius 2 is 2.11 bits per heavy atom. The van der Waals surface area contributed by atoms with Gasteiger partial charge >= 0.3 is 0 Å². The van der Waals surface area contributed by atoms with Crippen LogP contribution in [-0.2, 0) is 9.59 Å². The number of rotatable bonds is 4. The fourth-order valence-corrected chi connectivity index (χ4v) is 3.94. The van der Waals surface area contributed by atoms with E-state index in [0.29, 0.717) is 36.0 Å². The number of carbonyl (C=O) groups is 2. The van der Waals surface area contributed by atoms with Crippen molar-refractivity contribution < 1.29 is 19.1 Å². The molecule has 2 amide bonds. The number of hydrogen-bond donors (Lipinski definition) is 1. The van der Waals surface area contributed by atoms with Crippen LogP contribution in [0, 0.1) is 5.92 Å². The van der Waals surface area contributed by atoms with E-state index in [1.165, 1.54) is 0 Å². The topological polar surface area (TPSA) is 67.9 Å². The Morgan fingerprint density at radius 3 is 2.93 bits per heavy atom. The zero-order chi connectivity index (χ0) is 19.7. The lowest BCUT2D eigenvalue weighted by atomic mass is 9.99. The van der Waals surface area contributed by atoms with Gasteiger partial charge in [-0.3, -0.25) is 9.59 Å². The van der Waals surface area contributed by atoms with Crippen LogP contribution in [0.25, 0.3) is 0 Å². The fourth-order valence-electron chi connectivity index (χ4n) is 3.77. The number of fused-ring (bicyclic) bond motifs is 1. The Kier molecular flexibility index (Phi) is 5.13. The van der Waals surface area contributed by atoms with Crippen molar-refractivity contribution in [1.29, 1.82) is 0 Å². The maximum absolute atomic E-state index is 12.9. The first-order valence-electron chi connectivity index (χ1n) is 9.23. The average molecular weight is 401 g/mol. The van der Waals surface area contributed by atoms with Crippen LogP contribution < -0.4 is 19.7 Å². The molecule has 0 aliphatic carbocycles. The second-order valence-corrected chi connectivity index (χ2v) is 7.39. The van der Waals surface area contributed by atoms with Gasteiger partial charge in [0, 0.05) is 30.0 Å². The highest BCUT2D eigenvalue weighted by Crippen LogP contribution is 2.36. The molecule has 1 fully saturated rings. The van der Waals surface area contributed by atoms with E-state index < -0.39 is 5.92 Å². The highest BCUT2D eigenvalue weighted by molar-refractivity contribution is 6.31. The van der Waals surface area contributed by atoms with E-state index in [9.17, 15) is 9.59 Å². The molecule has 2 heterocycles. The predicted octanol–water partition coefficient (Wildman–Crippen LogP) is 3.34. The minimum Gasteiger partial charge on any atom is -0.495 e. The van der Waals surface area contributed by atoms with E-state index >= 15 is 0 Å². The summed E-state index contributed by atoms with van der Waals surface area (Å²) in [5.41, 5.74) is 1.56. The van der Waals surface area contributed by atoms with Crippen LogP contribution in [0.1, 0.15) is 24.4 Å². The van der Waals surface area contributed by atoms with Crippen molar-refractivity contribution >= 4 is 29.1 Å². The normalized spacial score (nSPS) is 21.1. The van der Waals surface area contributed by atoms with Gasteiger partial charge in [-0.05, 0) is 24.3 Å². The zero-order valence-electron chi connectivity index (χ0n) is 15.5. The lowest BCUT2D eigenvalue weighted by Gasteiger charge is -2.27. The van der Waals surface area contributed by atoms with Crippen molar-refractivity contribution in [2.24, 2.45) is 5.92 Å². The number of methoxy groups -OCH3 is 1. The molecule has 28 heavy (non-hydrogen) atoms. The summed E-state index contributed by atoms with van der Waals surface area (Å²) in [4.78, 5) is 27.0. The number of ether oxygens (including phenoxy) is 2. The molecule has 2 aliphatic heterocycles. The third-order valence-corrected chi connectivity index (χ3v) is 5.44. The van der Waals surface area contributed by atoms with Crippen molar-refractivity contribution in [3.05, 3.63) is 53.1 Å². The molecule has 1 N–H and O–H groups in total. The molecule has 2 atom stereocenters. The van der Waals surface area contributed by atoms with E-state index in [4.69, 9.17) is 21.1 Å². The smallest absolute Gasteiger partial charge is 0.227 e. The first-order valence-corrected chi connectivity index (χ1v) is 9.60.